The maximum absolute atomic E-state index is 11.4. The van der Waals surface area contributed by atoms with Gasteiger partial charge in [-0.3, -0.25) is 0 Å². The average Bonchev–Trinajstić information content (AvgIpc) is 3.01. The van der Waals surface area contributed by atoms with Crippen LogP contribution >= 0.6 is 22.9 Å². The Morgan fingerprint density at radius 1 is 1.41 bits per heavy atom. The lowest BCUT2D eigenvalue weighted by Crippen LogP contribution is -2.09. The number of methoxy groups -OCH3 is 1. The number of carboxylic acid groups (broad SMARTS) is 1. The summed E-state index contributed by atoms with van der Waals surface area (Å²) < 4.78 is 5.20. The third-order valence-electron chi connectivity index (χ3n) is 4.86. The van der Waals surface area contributed by atoms with Crippen molar-refractivity contribution in [3.8, 4) is 5.75 Å². The fourth-order valence-corrected chi connectivity index (χ4v) is 5.04. The van der Waals surface area contributed by atoms with Gasteiger partial charge in [0.1, 0.15) is 28.3 Å². The summed E-state index contributed by atoms with van der Waals surface area (Å²) in [6.07, 6.45) is 4.76. The number of aromatic carboxylic acids is 1. The van der Waals surface area contributed by atoms with Crippen molar-refractivity contribution >= 4 is 50.6 Å². The van der Waals surface area contributed by atoms with Crippen molar-refractivity contribution in [2.75, 3.05) is 12.4 Å². The summed E-state index contributed by atoms with van der Waals surface area (Å²) >= 11 is 8.04. The average molecular weight is 404 g/mol. The third kappa shape index (κ3) is 3.21. The van der Waals surface area contributed by atoms with Gasteiger partial charge in [-0.2, -0.15) is 0 Å². The van der Waals surface area contributed by atoms with Crippen LogP contribution in [0.4, 0.5) is 11.5 Å². The molecule has 140 valence electrons. The number of carbonyl (C=O) groups is 1. The Balaban J connectivity index is 1.79. The minimum Gasteiger partial charge on any atom is -0.496 e. The SMILES string of the molecule is COc1cc(Nc2ncnc3sc4c(c23)CCC(C)C4)c(Cl)cc1C(=O)O. The first kappa shape index (κ1) is 18.0. The number of halogens is 1. The highest BCUT2D eigenvalue weighted by molar-refractivity contribution is 7.19. The van der Waals surface area contributed by atoms with E-state index >= 15 is 0 Å². The topological polar surface area (TPSA) is 84.3 Å². The number of carboxylic acids is 1. The monoisotopic (exact) mass is 403 g/mol. The van der Waals surface area contributed by atoms with Crippen molar-refractivity contribution in [3.63, 3.8) is 0 Å². The molecule has 2 N–H and O–H groups in total. The van der Waals surface area contributed by atoms with Crippen LogP contribution in [-0.4, -0.2) is 28.2 Å². The molecule has 8 heteroatoms. The molecule has 1 aliphatic rings. The number of nitrogens with one attached hydrogen (secondary N) is 1. The van der Waals surface area contributed by atoms with Gasteiger partial charge in [-0.05, 0) is 36.8 Å². The summed E-state index contributed by atoms with van der Waals surface area (Å²) in [6.45, 7) is 2.27. The highest BCUT2D eigenvalue weighted by Gasteiger charge is 2.24. The Labute approximate surface area is 165 Å². The number of aromatic nitrogens is 2. The lowest BCUT2D eigenvalue weighted by atomic mass is 9.89. The van der Waals surface area contributed by atoms with Gasteiger partial charge in [0.05, 0.1) is 23.2 Å². The molecule has 0 fully saturated rings. The maximum Gasteiger partial charge on any atom is 0.339 e. The second kappa shape index (κ2) is 6.98. The van der Waals surface area contributed by atoms with E-state index < -0.39 is 5.97 Å². The number of rotatable bonds is 4. The molecule has 3 aromatic rings. The number of aryl methyl sites for hydroxylation is 1. The Kier molecular flexibility index (Phi) is 4.65. The molecule has 2 heterocycles. The van der Waals surface area contributed by atoms with E-state index in [1.54, 1.807) is 17.4 Å². The van der Waals surface area contributed by atoms with Gasteiger partial charge in [0.15, 0.2) is 0 Å². The van der Waals surface area contributed by atoms with Crippen LogP contribution in [0.1, 0.15) is 34.1 Å². The number of nitrogens with zero attached hydrogens (tertiary/aromatic N) is 2. The number of ether oxygens (including phenoxy) is 1. The highest BCUT2D eigenvalue weighted by Crippen LogP contribution is 2.41. The molecule has 4 rings (SSSR count). The van der Waals surface area contributed by atoms with E-state index in [0.717, 1.165) is 29.5 Å². The first-order valence-electron chi connectivity index (χ1n) is 8.61. The van der Waals surface area contributed by atoms with Gasteiger partial charge in [0.2, 0.25) is 0 Å². The van der Waals surface area contributed by atoms with Crippen LogP contribution in [0.2, 0.25) is 5.02 Å². The molecule has 0 saturated heterocycles. The van der Waals surface area contributed by atoms with Crippen molar-refractivity contribution in [1.82, 2.24) is 9.97 Å². The van der Waals surface area contributed by atoms with Crippen molar-refractivity contribution in [3.05, 3.63) is 39.5 Å². The van der Waals surface area contributed by atoms with Crippen LogP contribution < -0.4 is 10.1 Å². The summed E-state index contributed by atoms with van der Waals surface area (Å²) in [7, 11) is 1.43. The predicted octanol–water partition coefficient (Wildman–Crippen LogP) is 4.92. The second-order valence-corrected chi connectivity index (χ2v) is 8.21. The minimum absolute atomic E-state index is 0.0165. The second-order valence-electron chi connectivity index (χ2n) is 6.72. The molecule has 0 bridgehead atoms. The molecular weight excluding hydrogens is 386 g/mol. The standard InChI is InChI=1S/C19H18ClN3O3S/c1-9-3-4-10-15(5-9)27-18-16(10)17(21-8-22-18)23-13-7-14(26-2)11(19(24)25)6-12(13)20/h6-9H,3-5H2,1-2H3,(H,24,25)(H,21,22,23). The largest absolute Gasteiger partial charge is 0.496 e. The van der Waals surface area contributed by atoms with Gasteiger partial charge >= 0.3 is 5.97 Å². The molecule has 6 nitrogen and oxygen atoms in total. The lowest BCUT2D eigenvalue weighted by molar-refractivity contribution is 0.0693. The molecule has 1 unspecified atom stereocenters. The van der Waals surface area contributed by atoms with E-state index in [1.165, 1.54) is 29.9 Å². The molecule has 0 spiro atoms. The number of fused-ring (bicyclic) bond motifs is 3. The van der Waals surface area contributed by atoms with Gasteiger partial charge < -0.3 is 15.2 Å². The molecule has 1 aliphatic carbocycles. The smallest absolute Gasteiger partial charge is 0.339 e. The zero-order chi connectivity index (χ0) is 19.1. The van der Waals surface area contributed by atoms with E-state index in [2.05, 4.69) is 22.2 Å². The van der Waals surface area contributed by atoms with Crippen LogP contribution in [0.25, 0.3) is 10.2 Å². The molecule has 0 saturated carbocycles. The molecule has 1 aromatic carbocycles. The first-order chi connectivity index (χ1) is 13.0. The van der Waals surface area contributed by atoms with Gasteiger partial charge in [-0.25, -0.2) is 14.8 Å². The molecule has 0 amide bonds. The predicted molar refractivity (Wildman–Crippen MR) is 107 cm³/mol. The first-order valence-corrected chi connectivity index (χ1v) is 9.80. The summed E-state index contributed by atoms with van der Waals surface area (Å²) in [5.41, 5.74) is 1.87. The molecule has 1 atom stereocenters. The van der Waals surface area contributed by atoms with E-state index in [9.17, 15) is 9.90 Å². The molecule has 27 heavy (non-hydrogen) atoms. The zero-order valence-electron chi connectivity index (χ0n) is 14.9. The zero-order valence-corrected chi connectivity index (χ0v) is 16.4. The number of anilines is 2. The van der Waals surface area contributed by atoms with Gasteiger partial charge in [0, 0.05) is 10.9 Å². The van der Waals surface area contributed by atoms with E-state index in [1.807, 2.05) is 0 Å². The maximum atomic E-state index is 11.4. The molecule has 2 aromatic heterocycles. The van der Waals surface area contributed by atoms with Gasteiger partial charge in [-0.1, -0.05) is 18.5 Å². The quantitative estimate of drug-likeness (QED) is 0.643. The van der Waals surface area contributed by atoms with Crippen molar-refractivity contribution in [2.45, 2.75) is 26.2 Å². The van der Waals surface area contributed by atoms with Gasteiger partial charge in [-0.15, -0.1) is 11.3 Å². The number of hydrogen-bond donors (Lipinski definition) is 2. The normalized spacial score (nSPS) is 16.2. The van der Waals surface area contributed by atoms with Gasteiger partial charge in [0.25, 0.3) is 0 Å². The Bertz CT molecular complexity index is 1050. The van der Waals surface area contributed by atoms with Crippen molar-refractivity contribution < 1.29 is 14.6 Å². The minimum atomic E-state index is -1.09. The van der Waals surface area contributed by atoms with Crippen LogP contribution in [-0.2, 0) is 12.8 Å². The summed E-state index contributed by atoms with van der Waals surface area (Å²) in [4.78, 5) is 22.5. The highest BCUT2D eigenvalue weighted by atomic mass is 35.5. The third-order valence-corrected chi connectivity index (χ3v) is 6.34. The van der Waals surface area contributed by atoms with Crippen molar-refractivity contribution in [2.24, 2.45) is 5.92 Å². The van der Waals surface area contributed by atoms with Crippen molar-refractivity contribution in [1.29, 1.82) is 0 Å². The summed E-state index contributed by atoms with van der Waals surface area (Å²) in [6, 6.07) is 2.97. The Morgan fingerprint density at radius 2 is 2.22 bits per heavy atom. The van der Waals surface area contributed by atoms with Crippen LogP contribution in [0.3, 0.4) is 0 Å². The lowest BCUT2D eigenvalue weighted by Gasteiger charge is -2.18. The molecular formula is C19H18ClN3O3S. The fourth-order valence-electron chi connectivity index (χ4n) is 3.48. The van der Waals surface area contributed by atoms with E-state index in [0.29, 0.717) is 17.4 Å². The number of thiophene rings is 1. The summed E-state index contributed by atoms with van der Waals surface area (Å²) in [5, 5.41) is 13.9. The van der Waals surface area contributed by atoms with Crippen LogP contribution in [0.15, 0.2) is 18.5 Å². The molecule has 0 radical (unpaired) electrons. The van der Waals surface area contributed by atoms with Crippen LogP contribution in [0, 0.1) is 5.92 Å². The van der Waals surface area contributed by atoms with E-state index in [-0.39, 0.29) is 16.3 Å². The molecule has 0 aliphatic heterocycles. The van der Waals surface area contributed by atoms with E-state index in [4.69, 9.17) is 16.3 Å². The Hall–Kier alpha value is -2.38. The van der Waals surface area contributed by atoms with Crippen LogP contribution in [0.5, 0.6) is 5.75 Å². The Morgan fingerprint density at radius 3 is 2.96 bits per heavy atom. The fraction of sp³-hybridized carbons (Fsp3) is 0.316. The number of benzene rings is 1. The summed E-state index contributed by atoms with van der Waals surface area (Å²) in [5.74, 6) is 0.503. The number of hydrogen-bond acceptors (Lipinski definition) is 6.